The minimum atomic E-state index is -3.64. The van der Waals surface area contributed by atoms with Gasteiger partial charge in [0.25, 0.3) is 5.91 Å². The van der Waals surface area contributed by atoms with Crippen LogP contribution in [0.2, 0.25) is 5.02 Å². The van der Waals surface area contributed by atoms with Crippen molar-refractivity contribution in [3.63, 3.8) is 0 Å². The van der Waals surface area contributed by atoms with Crippen molar-refractivity contribution in [2.45, 2.75) is 24.8 Å². The van der Waals surface area contributed by atoms with Crippen LogP contribution in [0.1, 0.15) is 29.3 Å². The van der Waals surface area contributed by atoms with Gasteiger partial charge in [-0.05, 0) is 30.2 Å². The average molecular weight is 395 g/mol. The van der Waals surface area contributed by atoms with Crippen LogP contribution in [0.15, 0.2) is 53.4 Å². The van der Waals surface area contributed by atoms with Gasteiger partial charge in [-0.15, -0.1) is 0 Å². The molecule has 2 aromatic carbocycles. The molecular weight excluding hydrogens is 372 g/mol. The van der Waals surface area contributed by atoms with Crippen molar-refractivity contribution in [1.29, 1.82) is 0 Å². The highest BCUT2D eigenvalue weighted by molar-refractivity contribution is 7.89. The predicted molar refractivity (Wildman–Crippen MR) is 104 cm³/mol. The smallest absolute Gasteiger partial charge is 0.255 e. The maximum atomic E-state index is 13.0. The van der Waals surface area contributed by atoms with Crippen LogP contribution in [0.4, 0.5) is 0 Å². The Balaban J connectivity index is 2.39. The molecule has 0 aliphatic heterocycles. The Bertz CT molecular complexity index is 868. The van der Waals surface area contributed by atoms with Crippen molar-refractivity contribution in [3.05, 3.63) is 64.7 Å². The second kappa shape index (κ2) is 8.66. The second-order valence-electron chi connectivity index (χ2n) is 6.14. The van der Waals surface area contributed by atoms with Gasteiger partial charge in [-0.2, -0.15) is 0 Å². The lowest BCUT2D eigenvalue weighted by molar-refractivity contribution is 0.0743. The third-order valence-corrected chi connectivity index (χ3v) is 6.08. The van der Waals surface area contributed by atoms with Crippen LogP contribution in [0, 0.1) is 0 Å². The van der Waals surface area contributed by atoms with Crippen LogP contribution in [0.3, 0.4) is 0 Å². The van der Waals surface area contributed by atoms with E-state index in [9.17, 15) is 13.2 Å². The van der Waals surface area contributed by atoms with Crippen LogP contribution in [0.25, 0.3) is 0 Å². The van der Waals surface area contributed by atoms with Gasteiger partial charge in [0.15, 0.2) is 0 Å². The fourth-order valence-electron chi connectivity index (χ4n) is 2.54. The summed E-state index contributed by atoms with van der Waals surface area (Å²) in [6, 6.07) is 13.9. The number of benzene rings is 2. The molecule has 0 atom stereocenters. The van der Waals surface area contributed by atoms with E-state index in [-0.39, 0.29) is 21.4 Å². The topological polar surface area (TPSA) is 57.7 Å². The average Bonchev–Trinajstić information content (AvgIpc) is 2.61. The molecule has 0 saturated carbocycles. The first-order chi connectivity index (χ1) is 12.3. The van der Waals surface area contributed by atoms with E-state index >= 15 is 0 Å². The third kappa shape index (κ3) is 4.63. The van der Waals surface area contributed by atoms with Crippen LogP contribution < -0.4 is 0 Å². The Morgan fingerprint density at radius 2 is 1.73 bits per heavy atom. The zero-order chi connectivity index (χ0) is 19.3. The first-order valence-corrected chi connectivity index (χ1v) is 10.1. The largest absolute Gasteiger partial charge is 0.334 e. The highest BCUT2D eigenvalue weighted by atomic mass is 35.5. The van der Waals surface area contributed by atoms with Gasteiger partial charge in [-0.25, -0.2) is 12.7 Å². The predicted octanol–water partition coefficient (Wildman–Crippen LogP) is 3.64. The zero-order valence-corrected chi connectivity index (χ0v) is 16.7. The van der Waals surface area contributed by atoms with Crippen LogP contribution >= 0.6 is 11.6 Å². The lowest BCUT2D eigenvalue weighted by Gasteiger charge is -2.23. The SMILES string of the molecule is CCCN(Cc1ccccc1)C(=O)c1cc(S(=O)(=O)N(C)C)ccc1Cl. The van der Waals surface area contributed by atoms with Crippen LogP contribution in [-0.4, -0.2) is 44.2 Å². The summed E-state index contributed by atoms with van der Waals surface area (Å²) in [5.41, 5.74) is 1.20. The minimum absolute atomic E-state index is 0.0476. The molecule has 2 aromatic rings. The highest BCUT2D eigenvalue weighted by Crippen LogP contribution is 2.24. The molecule has 0 aromatic heterocycles. The molecule has 0 fully saturated rings. The fraction of sp³-hybridized carbons (Fsp3) is 0.316. The van der Waals surface area contributed by atoms with E-state index in [1.54, 1.807) is 4.90 Å². The summed E-state index contributed by atoms with van der Waals surface area (Å²) in [4.78, 5) is 14.8. The minimum Gasteiger partial charge on any atom is -0.334 e. The van der Waals surface area contributed by atoms with E-state index in [2.05, 4.69) is 0 Å². The summed E-state index contributed by atoms with van der Waals surface area (Å²) in [5.74, 6) is -0.281. The standard InChI is InChI=1S/C19H23ClN2O3S/c1-4-12-22(14-15-8-6-5-7-9-15)19(23)17-13-16(10-11-18(17)20)26(24,25)21(2)3/h5-11,13H,4,12,14H2,1-3H3. The molecule has 0 N–H and O–H groups in total. The number of hydrogen-bond donors (Lipinski definition) is 0. The molecule has 5 nitrogen and oxygen atoms in total. The molecule has 0 bridgehead atoms. The van der Waals surface area contributed by atoms with Gasteiger partial charge in [-0.1, -0.05) is 48.9 Å². The molecule has 7 heteroatoms. The summed E-state index contributed by atoms with van der Waals surface area (Å²) in [6.45, 7) is 2.98. The molecule has 140 valence electrons. The molecule has 0 aliphatic rings. The molecule has 1 amide bonds. The summed E-state index contributed by atoms with van der Waals surface area (Å²) >= 11 is 6.21. The maximum Gasteiger partial charge on any atom is 0.255 e. The number of rotatable bonds is 7. The normalized spacial score (nSPS) is 11.6. The van der Waals surface area contributed by atoms with E-state index in [1.807, 2.05) is 37.3 Å². The van der Waals surface area contributed by atoms with Crippen molar-refractivity contribution in [3.8, 4) is 0 Å². The van der Waals surface area contributed by atoms with E-state index in [4.69, 9.17) is 11.6 Å². The maximum absolute atomic E-state index is 13.0. The molecular formula is C19H23ClN2O3S. The molecule has 0 saturated heterocycles. The first kappa shape index (κ1) is 20.4. The van der Waals surface area contributed by atoms with E-state index < -0.39 is 10.0 Å². The molecule has 0 heterocycles. The molecule has 26 heavy (non-hydrogen) atoms. The first-order valence-electron chi connectivity index (χ1n) is 8.32. The number of nitrogens with zero attached hydrogens (tertiary/aromatic N) is 2. The van der Waals surface area contributed by atoms with Gasteiger partial charge in [-0.3, -0.25) is 4.79 Å². The van der Waals surface area contributed by atoms with Gasteiger partial charge in [0.1, 0.15) is 0 Å². The summed E-state index contributed by atoms with van der Waals surface area (Å²) in [6.07, 6.45) is 0.784. The van der Waals surface area contributed by atoms with E-state index in [0.29, 0.717) is 13.1 Å². The van der Waals surface area contributed by atoms with Gasteiger partial charge in [0, 0.05) is 27.2 Å². The molecule has 0 aliphatic carbocycles. The Morgan fingerprint density at radius 3 is 2.31 bits per heavy atom. The van der Waals surface area contributed by atoms with Crippen LogP contribution in [-0.2, 0) is 16.6 Å². The number of amides is 1. The van der Waals surface area contributed by atoms with Crippen molar-refractivity contribution in [2.75, 3.05) is 20.6 Å². The third-order valence-electron chi connectivity index (χ3n) is 3.94. The summed E-state index contributed by atoms with van der Waals surface area (Å²) in [5, 5.41) is 0.238. The Kier molecular flexibility index (Phi) is 6.81. The van der Waals surface area contributed by atoms with Crippen LogP contribution in [0.5, 0.6) is 0 Å². The van der Waals surface area contributed by atoms with Gasteiger partial charge in [0.05, 0.1) is 15.5 Å². The highest BCUT2D eigenvalue weighted by Gasteiger charge is 2.23. The molecule has 0 unspecified atom stereocenters. The quantitative estimate of drug-likeness (QED) is 0.720. The lowest BCUT2D eigenvalue weighted by Crippen LogP contribution is -2.32. The number of carbonyl (C=O) groups is 1. The molecule has 0 radical (unpaired) electrons. The summed E-state index contributed by atoms with van der Waals surface area (Å²) in [7, 11) is -0.745. The Hall–Kier alpha value is -1.89. The summed E-state index contributed by atoms with van der Waals surface area (Å²) < 4.78 is 25.8. The number of carbonyl (C=O) groups excluding carboxylic acids is 1. The Morgan fingerprint density at radius 1 is 1.08 bits per heavy atom. The van der Waals surface area contributed by atoms with Crippen molar-refractivity contribution in [2.24, 2.45) is 0 Å². The molecule has 0 spiro atoms. The monoisotopic (exact) mass is 394 g/mol. The number of hydrogen-bond acceptors (Lipinski definition) is 3. The number of halogens is 1. The lowest BCUT2D eigenvalue weighted by atomic mass is 10.1. The van der Waals surface area contributed by atoms with Crippen molar-refractivity contribution >= 4 is 27.5 Å². The zero-order valence-electron chi connectivity index (χ0n) is 15.1. The van der Waals surface area contributed by atoms with Crippen molar-refractivity contribution < 1.29 is 13.2 Å². The van der Waals surface area contributed by atoms with Gasteiger partial charge >= 0.3 is 0 Å². The van der Waals surface area contributed by atoms with Gasteiger partial charge in [0.2, 0.25) is 10.0 Å². The van der Waals surface area contributed by atoms with Gasteiger partial charge < -0.3 is 4.90 Å². The van der Waals surface area contributed by atoms with E-state index in [1.165, 1.54) is 32.3 Å². The number of sulfonamides is 1. The Labute approximate surface area is 160 Å². The second-order valence-corrected chi connectivity index (χ2v) is 8.70. The van der Waals surface area contributed by atoms with E-state index in [0.717, 1.165) is 16.3 Å². The molecule has 2 rings (SSSR count). The van der Waals surface area contributed by atoms with Crippen molar-refractivity contribution in [1.82, 2.24) is 9.21 Å². The fourth-order valence-corrected chi connectivity index (χ4v) is 3.66.